The Hall–Kier alpha value is -2.61. The van der Waals surface area contributed by atoms with E-state index in [-0.39, 0.29) is 24.4 Å². The van der Waals surface area contributed by atoms with Gasteiger partial charge in [-0.05, 0) is 37.6 Å². The minimum absolute atomic E-state index is 0.00961. The highest BCUT2D eigenvalue weighted by atomic mass is 16.2. The van der Waals surface area contributed by atoms with Crippen LogP contribution in [0.2, 0.25) is 0 Å². The smallest absolute Gasteiger partial charge is 0.246 e. The predicted octanol–water partition coefficient (Wildman–Crippen LogP) is 1.94. The first-order valence-electron chi connectivity index (χ1n) is 7.05. The minimum atomic E-state index is -0.282. The fourth-order valence-corrected chi connectivity index (χ4v) is 1.97. The average Bonchev–Trinajstić information content (AvgIpc) is 2.51. The van der Waals surface area contributed by atoms with E-state index in [0.29, 0.717) is 12.1 Å². The van der Waals surface area contributed by atoms with E-state index in [1.807, 2.05) is 26.0 Å². The molecule has 1 aromatic rings. The highest BCUT2D eigenvalue weighted by Crippen LogP contribution is 2.10. The normalized spacial score (nSPS) is 9.95. The van der Waals surface area contributed by atoms with E-state index in [2.05, 4.69) is 12.6 Å². The molecule has 0 fully saturated rings. The summed E-state index contributed by atoms with van der Waals surface area (Å²) in [4.78, 5) is 26.9. The van der Waals surface area contributed by atoms with Gasteiger partial charge >= 0.3 is 0 Å². The van der Waals surface area contributed by atoms with Gasteiger partial charge in [0.05, 0.1) is 18.2 Å². The van der Waals surface area contributed by atoms with Gasteiger partial charge in [-0.15, -0.1) is 0 Å². The molecule has 0 saturated heterocycles. The number of hydrogen-bond donors (Lipinski definition) is 0. The van der Waals surface area contributed by atoms with E-state index in [9.17, 15) is 9.59 Å². The van der Waals surface area contributed by atoms with Crippen LogP contribution in [0.5, 0.6) is 0 Å². The maximum atomic E-state index is 12.4. The van der Waals surface area contributed by atoms with Crippen LogP contribution in [-0.2, 0) is 16.1 Å². The molecule has 116 valence electrons. The van der Waals surface area contributed by atoms with Gasteiger partial charge in [-0.2, -0.15) is 5.26 Å². The van der Waals surface area contributed by atoms with Gasteiger partial charge in [-0.3, -0.25) is 9.59 Å². The second-order valence-electron chi connectivity index (χ2n) is 5.32. The van der Waals surface area contributed by atoms with Crippen molar-refractivity contribution in [2.24, 2.45) is 0 Å². The molecule has 0 saturated carbocycles. The first-order valence-corrected chi connectivity index (χ1v) is 7.05. The molecule has 0 bridgehead atoms. The average molecular weight is 299 g/mol. The van der Waals surface area contributed by atoms with E-state index in [4.69, 9.17) is 5.26 Å². The molecule has 2 amide bonds. The molecule has 0 N–H and O–H groups in total. The zero-order chi connectivity index (χ0) is 16.7. The van der Waals surface area contributed by atoms with Gasteiger partial charge in [-0.25, -0.2) is 0 Å². The van der Waals surface area contributed by atoms with Crippen molar-refractivity contribution in [3.63, 3.8) is 0 Å². The number of hydrogen-bond acceptors (Lipinski definition) is 3. The van der Waals surface area contributed by atoms with E-state index < -0.39 is 0 Å². The van der Waals surface area contributed by atoms with Crippen LogP contribution in [-0.4, -0.2) is 41.2 Å². The van der Waals surface area contributed by atoms with Gasteiger partial charge in [0.25, 0.3) is 0 Å². The van der Waals surface area contributed by atoms with Crippen LogP contribution in [0.1, 0.15) is 25.0 Å². The van der Waals surface area contributed by atoms with Crippen molar-refractivity contribution in [2.45, 2.75) is 26.4 Å². The monoisotopic (exact) mass is 299 g/mol. The van der Waals surface area contributed by atoms with Crippen molar-refractivity contribution < 1.29 is 9.59 Å². The maximum Gasteiger partial charge on any atom is 0.246 e. The summed E-state index contributed by atoms with van der Waals surface area (Å²) in [5.41, 5.74) is 1.53. The zero-order valence-electron chi connectivity index (χ0n) is 13.2. The van der Waals surface area contributed by atoms with Gasteiger partial charge in [0.1, 0.15) is 0 Å². The Kier molecular flexibility index (Phi) is 6.33. The Morgan fingerprint density at radius 2 is 1.91 bits per heavy atom. The molecule has 0 aliphatic carbocycles. The van der Waals surface area contributed by atoms with Crippen molar-refractivity contribution in [1.82, 2.24) is 9.80 Å². The van der Waals surface area contributed by atoms with Crippen molar-refractivity contribution >= 4 is 11.8 Å². The summed E-state index contributed by atoms with van der Waals surface area (Å²) in [5.74, 6) is -0.410. The predicted molar refractivity (Wildman–Crippen MR) is 84.7 cm³/mol. The van der Waals surface area contributed by atoms with E-state index in [1.165, 1.54) is 11.0 Å². The number of carbonyl (C=O) groups excluding carboxylic acids is 2. The van der Waals surface area contributed by atoms with Gasteiger partial charge < -0.3 is 9.80 Å². The summed E-state index contributed by atoms with van der Waals surface area (Å²) < 4.78 is 0. The summed E-state index contributed by atoms with van der Waals surface area (Å²) >= 11 is 0. The number of rotatable bonds is 6. The first kappa shape index (κ1) is 17.4. The van der Waals surface area contributed by atoms with E-state index in [0.717, 1.165) is 5.56 Å². The third-order valence-electron chi connectivity index (χ3n) is 3.30. The summed E-state index contributed by atoms with van der Waals surface area (Å²) in [7, 11) is 1.57. The lowest BCUT2D eigenvalue weighted by molar-refractivity contribution is -0.139. The molecule has 0 aliphatic rings. The fourth-order valence-electron chi connectivity index (χ4n) is 1.97. The number of carbonyl (C=O) groups is 2. The van der Waals surface area contributed by atoms with Crippen LogP contribution in [0.25, 0.3) is 0 Å². The molecule has 0 unspecified atom stereocenters. The van der Waals surface area contributed by atoms with Gasteiger partial charge in [-0.1, -0.05) is 18.7 Å². The van der Waals surface area contributed by atoms with Crippen molar-refractivity contribution in [3.05, 3.63) is 48.0 Å². The van der Waals surface area contributed by atoms with Crippen molar-refractivity contribution in [1.29, 1.82) is 5.26 Å². The largest absolute Gasteiger partial charge is 0.334 e. The van der Waals surface area contributed by atoms with E-state index in [1.54, 1.807) is 24.1 Å². The third-order valence-corrected chi connectivity index (χ3v) is 3.30. The van der Waals surface area contributed by atoms with Crippen LogP contribution >= 0.6 is 0 Å². The summed E-state index contributed by atoms with van der Waals surface area (Å²) in [6, 6.07) is 9.20. The highest BCUT2D eigenvalue weighted by Gasteiger charge is 2.20. The fraction of sp³-hybridized carbons (Fsp3) is 0.353. The lowest BCUT2D eigenvalue weighted by atomic mass is 10.1. The highest BCUT2D eigenvalue weighted by molar-refractivity contribution is 5.90. The molecule has 5 nitrogen and oxygen atoms in total. The van der Waals surface area contributed by atoms with Crippen LogP contribution in [0.3, 0.4) is 0 Å². The Morgan fingerprint density at radius 1 is 1.32 bits per heavy atom. The maximum absolute atomic E-state index is 12.4. The summed E-state index contributed by atoms with van der Waals surface area (Å²) in [5, 5.41) is 8.80. The summed E-state index contributed by atoms with van der Waals surface area (Å²) in [6.45, 7) is 7.72. The second kappa shape index (κ2) is 7.99. The number of nitrogens with zero attached hydrogens (tertiary/aromatic N) is 3. The molecule has 1 rings (SSSR count). The van der Waals surface area contributed by atoms with Crippen LogP contribution in [0.15, 0.2) is 36.9 Å². The Labute approximate surface area is 131 Å². The molecule has 0 aromatic heterocycles. The quantitative estimate of drug-likeness (QED) is 0.754. The SMILES string of the molecule is C=CC(=O)N(C)CC(=O)N(Cc1ccc(C#N)cc1)C(C)C. The number of nitriles is 1. The van der Waals surface area contributed by atoms with E-state index >= 15 is 0 Å². The van der Waals surface area contributed by atoms with Crippen molar-refractivity contribution in [2.75, 3.05) is 13.6 Å². The minimum Gasteiger partial charge on any atom is -0.334 e. The Morgan fingerprint density at radius 3 is 2.36 bits per heavy atom. The number of benzene rings is 1. The van der Waals surface area contributed by atoms with Crippen molar-refractivity contribution in [3.8, 4) is 6.07 Å². The van der Waals surface area contributed by atoms with Crippen LogP contribution < -0.4 is 0 Å². The summed E-state index contributed by atoms with van der Waals surface area (Å²) in [6.07, 6.45) is 1.19. The van der Waals surface area contributed by atoms with Crippen LogP contribution in [0.4, 0.5) is 0 Å². The van der Waals surface area contributed by atoms with Gasteiger partial charge in [0.15, 0.2) is 0 Å². The molecular weight excluding hydrogens is 278 g/mol. The van der Waals surface area contributed by atoms with Gasteiger partial charge in [0, 0.05) is 19.6 Å². The Bertz CT molecular complexity index is 585. The number of amides is 2. The standard InChI is InChI=1S/C17H21N3O2/c1-5-16(21)19(4)12-17(22)20(13(2)3)11-15-8-6-14(10-18)7-9-15/h5-9,13H,1,11-12H2,2-4H3. The molecule has 0 heterocycles. The third kappa shape index (κ3) is 4.74. The molecule has 0 aliphatic heterocycles. The molecule has 5 heteroatoms. The molecule has 1 aromatic carbocycles. The molecular formula is C17H21N3O2. The Balaban J connectivity index is 2.80. The second-order valence-corrected chi connectivity index (χ2v) is 5.32. The zero-order valence-corrected chi connectivity index (χ0v) is 13.2. The molecule has 22 heavy (non-hydrogen) atoms. The first-order chi connectivity index (χ1) is 10.4. The van der Waals surface area contributed by atoms with Crippen LogP contribution in [0, 0.1) is 11.3 Å². The molecule has 0 radical (unpaired) electrons. The topological polar surface area (TPSA) is 64.4 Å². The lowest BCUT2D eigenvalue weighted by Crippen LogP contribution is -2.43. The molecule has 0 spiro atoms. The molecule has 0 atom stereocenters. The van der Waals surface area contributed by atoms with Gasteiger partial charge in [0.2, 0.25) is 11.8 Å². The lowest BCUT2D eigenvalue weighted by Gasteiger charge is -2.29. The number of likely N-dealkylation sites (N-methyl/N-ethyl adjacent to an activating group) is 1.